The maximum Gasteiger partial charge on any atom is 0.416 e. The van der Waals surface area contributed by atoms with Crippen LogP contribution in [0.2, 0.25) is 0 Å². The molecule has 1 saturated heterocycles. The molecule has 1 N–H and O–H groups in total. The van der Waals surface area contributed by atoms with Crippen LogP contribution in [0, 0.1) is 17.8 Å². The summed E-state index contributed by atoms with van der Waals surface area (Å²) in [6.45, 7) is 4.19. The zero-order valence-corrected chi connectivity index (χ0v) is 21.8. The van der Waals surface area contributed by atoms with Gasteiger partial charge >= 0.3 is 12.4 Å². The average Bonchev–Trinajstić information content (AvgIpc) is 3.03. The largest absolute Gasteiger partial charge is 0.497 e. The van der Waals surface area contributed by atoms with Gasteiger partial charge in [-0.3, -0.25) is 9.88 Å². The Hall–Kier alpha value is -3.11. The molecular weight excluding hydrogens is 534 g/mol. The van der Waals surface area contributed by atoms with Gasteiger partial charge in [0.25, 0.3) is 0 Å². The molecular formula is C30H30F6N2O2. The van der Waals surface area contributed by atoms with Crippen molar-refractivity contribution < 1.29 is 36.2 Å². The molecule has 2 aliphatic rings. The summed E-state index contributed by atoms with van der Waals surface area (Å²) in [5.41, 5.74) is -1.58. The molecule has 214 valence electrons. The second-order valence-electron chi connectivity index (χ2n) is 10.8. The van der Waals surface area contributed by atoms with Gasteiger partial charge in [0.05, 0.1) is 29.9 Å². The number of alkyl halides is 6. The molecule has 1 aliphatic heterocycles. The van der Waals surface area contributed by atoms with Crippen molar-refractivity contribution in [3.8, 4) is 5.75 Å². The quantitative estimate of drug-likeness (QED) is 0.250. The van der Waals surface area contributed by atoms with Gasteiger partial charge in [0.2, 0.25) is 0 Å². The fraction of sp³-hybridized carbons (Fsp3) is 0.433. The van der Waals surface area contributed by atoms with Crippen molar-refractivity contribution in [3.05, 3.63) is 83.6 Å². The van der Waals surface area contributed by atoms with Crippen LogP contribution < -0.4 is 4.74 Å². The average molecular weight is 565 g/mol. The van der Waals surface area contributed by atoms with Gasteiger partial charge in [-0.25, -0.2) is 0 Å². The van der Waals surface area contributed by atoms with Crippen LogP contribution in [0.3, 0.4) is 0 Å². The molecule has 40 heavy (non-hydrogen) atoms. The number of allylic oxidation sites excluding steroid dienone is 1. The Morgan fingerprint density at radius 2 is 1.75 bits per heavy atom. The molecule has 4 nitrogen and oxygen atoms in total. The summed E-state index contributed by atoms with van der Waals surface area (Å²) in [7, 11) is 1.52. The Kier molecular flexibility index (Phi) is 7.60. The molecule has 3 aromatic rings. The van der Waals surface area contributed by atoms with E-state index in [0.29, 0.717) is 41.1 Å². The second kappa shape index (κ2) is 10.7. The van der Waals surface area contributed by atoms with Gasteiger partial charge in [-0.1, -0.05) is 6.08 Å². The number of aromatic nitrogens is 1. The monoisotopic (exact) mass is 564 g/mol. The number of halogens is 6. The van der Waals surface area contributed by atoms with E-state index in [9.17, 15) is 31.4 Å². The molecule has 5 atom stereocenters. The maximum absolute atomic E-state index is 13.6. The highest BCUT2D eigenvalue weighted by molar-refractivity contribution is 5.84. The maximum atomic E-state index is 13.6. The predicted octanol–water partition coefficient (Wildman–Crippen LogP) is 7.42. The molecule has 0 spiro atoms. The number of pyridine rings is 1. The summed E-state index contributed by atoms with van der Waals surface area (Å²) in [4.78, 5) is 6.21. The number of aliphatic hydroxyl groups is 1. The summed E-state index contributed by atoms with van der Waals surface area (Å²) in [6, 6.07) is 8.13. The van der Waals surface area contributed by atoms with Crippen LogP contribution in [0.4, 0.5) is 26.3 Å². The van der Waals surface area contributed by atoms with Crippen LogP contribution in [-0.2, 0) is 18.9 Å². The molecule has 2 fully saturated rings. The topological polar surface area (TPSA) is 45.6 Å². The number of aliphatic hydroxyl groups excluding tert-OH is 1. The Morgan fingerprint density at radius 1 is 1.05 bits per heavy atom. The number of hydrogen-bond donors (Lipinski definition) is 1. The van der Waals surface area contributed by atoms with Crippen molar-refractivity contribution in [2.45, 2.75) is 50.3 Å². The lowest BCUT2D eigenvalue weighted by molar-refractivity contribution is -0.143. The molecule has 0 radical (unpaired) electrons. The van der Waals surface area contributed by atoms with E-state index in [2.05, 4.69) is 11.6 Å². The molecule has 2 aromatic carbocycles. The highest BCUT2D eigenvalue weighted by Crippen LogP contribution is 2.50. The van der Waals surface area contributed by atoms with Crippen molar-refractivity contribution in [1.29, 1.82) is 0 Å². The predicted molar refractivity (Wildman–Crippen MR) is 138 cm³/mol. The number of benzene rings is 2. The van der Waals surface area contributed by atoms with Gasteiger partial charge in [-0.2, -0.15) is 26.3 Å². The first-order valence-electron chi connectivity index (χ1n) is 13.1. The zero-order chi connectivity index (χ0) is 28.8. The Balaban J connectivity index is 1.55. The summed E-state index contributed by atoms with van der Waals surface area (Å²) < 4.78 is 86.7. The number of hydrogen-bond acceptors (Lipinski definition) is 4. The number of rotatable bonds is 6. The highest BCUT2D eigenvalue weighted by Gasteiger charge is 2.45. The standard InChI is InChI=1S/C30H30F6N2O2/c1-3-18-12-19-7-9-38(16-17-10-20(29(31,32)33)13-21(11-17)30(34,35)36)27(15-24(18)19)28(39)23-6-8-37-26-5-4-22(40-2)14-25(23)26/h3-6,8,10-11,13-14,18-19,24,27-28,39H,1,7,9,12,15-16H2,2H3. The van der Waals surface area contributed by atoms with Gasteiger partial charge in [0.1, 0.15) is 5.75 Å². The van der Waals surface area contributed by atoms with E-state index >= 15 is 0 Å². The lowest BCUT2D eigenvalue weighted by Gasteiger charge is -2.44. The normalized spacial score (nSPS) is 24.6. The molecule has 1 saturated carbocycles. The van der Waals surface area contributed by atoms with Crippen molar-refractivity contribution in [2.24, 2.45) is 17.8 Å². The third kappa shape index (κ3) is 5.56. The van der Waals surface area contributed by atoms with E-state index in [0.717, 1.165) is 25.0 Å². The first-order valence-corrected chi connectivity index (χ1v) is 13.1. The van der Waals surface area contributed by atoms with Crippen molar-refractivity contribution in [2.75, 3.05) is 13.7 Å². The first-order chi connectivity index (χ1) is 18.9. The molecule has 5 rings (SSSR count). The SMILES string of the molecule is C=CC1CC2CCN(Cc3cc(C(F)(F)F)cc(C(F)(F)F)c3)C(C(O)c3ccnc4ccc(OC)cc34)CC12. The van der Waals surface area contributed by atoms with Crippen LogP contribution in [0.1, 0.15) is 47.6 Å². The third-order valence-corrected chi connectivity index (χ3v) is 8.50. The van der Waals surface area contributed by atoms with Gasteiger partial charge in [0, 0.05) is 24.2 Å². The fourth-order valence-electron chi connectivity index (χ4n) is 6.36. The number of likely N-dealkylation sites (tertiary alicyclic amines) is 1. The van der Waals surface area contributed by atoms with Crippen LogP contribution in [0.5, 0.6) is 5.75 Å². The second-order valence-corrected chi connectivity index (χ2v) is 10.8. The van der Waals surface area contributed by atoms with Crippen molar-refractivity contribution in [3.63, 3.8) is 0 Å². The lowest BCUT2D eigenvalue weighted by Crippen LogP contribution is -2.41. The minimum atomic E-state index is -4.93. The third-order valence-electron chi connectivity index (χ3n) is 8.50. The van der Waals surface area contributed by atoms with Crippen LogP contribution in [0.15, 0.2) is 61.3 Å². The molecule has 1 aromatic heterocycles. The zero-order valence-electron chi connectivity index (χ0n) is 21.8. The van der Waals surface area contributed by atoms with Gasteiger partial charge in [-0.05, 0) is 97.2 Å². The van der Waals surface area contributed by atoms with E-state index < -0.39 is 35.6 Å². The van der Waals surface area contributed by atoms with E-state index in [1.165, 1.54) is 7.11 Å². The summed E-state index contributed by atoms with van der Waals surface area (Å²) in [6.07, 6.45) is -5.27. The number of fused-ring (bicyclic) bond motifs is 2. The Bertz CT molecular complexity index is 1360. The van der Waals surface area contributed by atoms with E-state index in [-0.39, 0.29) is 30.0 Å². The van der Waals surface area contributed by atoms with Crippen LogP contribution >= 0.6 is 0 Å². The van der Waals surface area contributed by atoms with Crippen LogP contribution in [0.25, 0.3) is 10.9 Å². The molecule has 1 aliphatic carbocycles. The molecule has 10 heteroatoms. The minimum absolute atomic E-state index is 0.102. The van der Waals surface area contributed by atoms with Gasteiger partial charge in [0.15, 0.2) is 0 Å². The minimum Gasteiger partial charge on any atom is -0.497 e. The van der Waals surface area contributed by atoms with E-state index in [1.807, 2.05) is 11.0 Å². The lowest BCUT2D eigenvalue weighted by atomic mass is 9.62. The number of methoxy groups -OCH3 is 1. The summed E-state index contributed by atoms with van der Waals surface area (Å²) >= 11 is 0. The van der Waals surface area contributed by atoms with E-state index in [4.69, 9.17) is 4.74 Å². The molecule has 0 bridgehead atoms. The number of nitrogens with zero attached hydrogens (tertiary/aromatic N) is 2. The number of ether oxygens (including phenoxy) is 1. The first kappa shape index (κ1) is 28.4. The van der Waals surface area contributed by atoms with Crippen molar-refractivity contribution >= 4 is 10.9 Å². The smallest absolute Gasteiger partial charge is 0.416 e. The Labute approximate surface area is 228 Å². The summed E-state index contributed by atoms with van der Waals surface area (Å²) in [5, 5.41) is 12.5. The van der Waals surface area contributed by atoms with Gasteiger partial charge in [-0.15, -0.1) is 6.58 Å². The highest BCUT2D eigenvalue weighted by atomic mass is 19.4. The molecule has 2 heterocycles. The molecule has 0 amide bonds. The van der Waals surface area contributed by atoms with E-state index in [1.54, 1.807) is 30.5 Å². The Morgan fingerprint density at radius 3 is 2.38 bits per heavy atom. The van der Waals surface area contributed by atoms with Crippen molar-refractivity contribution in [1.82, 2.24) is 9.88 Å². The fourth-order valence-corrected chi connectivity index (χ4v) is 6.36. The van der Waals surface area contributed by atoms with Gasteiger partial charge < -0.3 is 9.84 Å². The van der Waals surface area contributed by atoms with Crippen LogP contribution in [-0.4, -0.2) is 34.7 Å². The summed E-state index contributed by atoms with van der Waals surface area (Å²) in [5.74, 6) is 1.39. The molecule has 5 unspecified atom stereocenters.